The number of benzene rings is 1. The van der Waals surface area contributed by atoms with Gasteiger partial charge in [0.25, 0.3) is 0 Å². The first kappa shape index (κ1) is 19.3. The van der Waals surface area contributed by atoms with Gasteiger partial charge < -0.3 is 23.8 Å². The van der Waals surface area contributed by atoms with E-state index in [1.807, 2.05) is 0 Å². The third-order valence-corrected chi connectivity index (χ3v) is 3.57. The third kappa shape index (κ3) is 3.49. The highest BCUT2D eigenvalue weighted by molar-refractivity contribution is 6.05. The van der Waals surface area contributed by atoms with E-state index in [4.69, 9.17) is 4.74 Å². The van der Waals surface area contributed by atoms with Crippen molar-refractivity contribution < 1.29 is 42.1 Å². The maximum atomic E-state index is 13.8. The molecule has 0 amide bonds. The maximum absolute atomic E-state index is 13.8. The zero-order chi connectivity index (χ0) is 19.4. The van der Waals surface area contributed by atoms with Crippen molar-refractivity contribution in [3.05, 3.63) is 40.6 Å². The molecular weight excluding hydrogens is 356 g/mol. The van der Waals surface area contributed by atoms with Crippen LogP contribution in [0.4, 0.5) is 14.5 Å². The summed E-state index contributed by atoms with van der Waals surface area (Å²) in [5.41, 5.74) is -1.13. The topological polar surface area (TPSA) is 91.4 Å². The number of methoxy groups -OCH3 is 3. The van der Waals surface area contributed by atoms with E-state index in [0.717, 1.165) is 26.2 Å². The number of rotatable bonds is 4. The Balaban J connectivity index is 2.72. The van der Waals surface area contributed by atoms with E-state index in [1.165, 1.54) is 0 Å². The number of hydrogen-bond acceptors (Lipinski definition) is 8. The van der Waals surface area contributed by atoms with Crippen LogP contribution in [-0.2, 0) is 28.5 Å². The van der Waals surface area contributed by atoms with Crippen LogP contribution in [0.15, 0.2) is 23.4 Å². The maximum Gasteiger partial charge on any atom is 0.355 e. The van der Waals surface area contributed by atoms with Crippen molar-refractivity contribution in [2.45, 2.75) is 0 Å². The molecule has 140 valence electrons. The lowest BCUT2D eigenvalue weighted by molar-refractivity contribution is -0.140. The molecule has 0 fully saturated rings. The minimum Gasteiger partial charge on any atom is -0.466 e. The predicted molar refractivity (Wildman–Crippen MR) is 82.1 cm³/mol. The van der Waals surface area contributed by atoms with E-state index >= 15 is 0 Å². The molecule has 0 aliphatic carbocycles. The average Bonchev–Trinajstić information content (AvgIpc) is 2.67. The highest BCUT2D eigenvalue weighted by Crippen LogP contribution is 2.31. The molecular formula is C16H15F2NO7. The van der Waals surface area contributed by atoms with Crippen LogP contribution in [0.1, 0.15) is 10.4 Å². The number of carbonyl (C=O) groups is 3. The zero-order valence-electron chi connectivity index (χ0n) is 14.1. The molecule has 0 N–H and O–H groups in total. The molecule has 1 aromatic rings. The molecule has 0 atom stereocenters. The smallest absolute Gasteiger partial charge is 0.355 e. The normalized spacial score (nSPS) is 14.1. The van der Waals surface area contributed by atoms with Gasteiger partial charge >= 0.3 is 17.9 Å². The van der Waals surface area contributed by atoms with Crippen LogP contribution in [0.3, 0.4) is 0 Å². The Kier molecular flexibility index (Phi) is 5.88. The van der Waals surface area contributed by atoms with Gasteiger partial charge in [-0.1, -0.05) is 0 Å². The van der Waals surface area contributed by atoms with Gasteiger partial charge in [0.1, 0.15) is 12.4 Å². The third-order valence-electron chi connectivity index (χ3n) is 3.57. The predicted octanol–water partition coefficient (Wildman–Crippen LogP) is 1.15. The Morgan fingerprint density at radius 1 is 0.962 bits per heavy atom. The first-order valence-corrected chi connectivity index (χ1v) is 7.18. The number of anilines is 1. The molecule has 1 aliphatic rings. The average molecular weight is 371 g/mol. The number of ether oxygens (including phenoxy) is 4. The number of halogens is 2. The molecule has 0 unspecified atom stereocenters. The van der Waals surface area contributed by atoms with Crippen molar-refractivity contribution in [2.24, 2.45) is 0 Å². The summed E-state index contributed by atoms with van der Waals surface area (Å²) in [5, 5.41) is 0. The minimum atomic E-state index is -1.29. The fourth-order valence-corrected chi connectivity index (χ4v) is 2.37. The van der Waals surface area contributed by atoms with Gasteiger partial charge in [-0.3, -0.25) is 0 Å². The molecule has 0 radical (unpaired) electrons. The number of nitrogens with zero attached hydrogens (tertiary/aromatic N) is 1. The summed E-state index contributed by atoms with van der Waals surface area (Å²) < 4.78 is 46.4. The van der Waals surface area contributed by atoms with E-state index in [1.54, 1.807) is 0 Å². The summed E-state index contributed by atoms with van der Waals surface area (Å²) in [6.07, 6.45) is 0. The Labute approximate surface area is 146 Å². The summed E-state index contributed by atoms with van der Waals surface area (Å²) in [6, 6.07) is 1.31. The molecule has 2 rings (SSSR count). The lowest BCUT2D eigenvalue weighted by Crippen LogP contribution is -2.39. The van der Waals surface area contributed by atoms with Gasteiger partial charge in [0.15, 0.2) is 11.6 Å². The molecule has 26 heavy (non-hydrogen) atoms. The summed E-state index contributed by atoms with van der Waals surface area (Å²) in [4.78, 5) is 37.1. The van der Waals surface area contributed by atoms with Gasteiger partial charge in [-0.15, -0.1) is 0 Å². The molecule has 1 aliphatic heterocycles. The van der Waals surface area contributed by atoms with Gasteiger partial charge in [0.05, 0.1) is 44.8 Å². The SMILES string of the molecule is COC(=O)C1=C(C(=O)OC)N(c2cc(F)c(F)cc2C(=O)OC)COC1. The quantitative estimate of drug-likeness (QED) is 0.575. The van der Waals surface area contributed by atoms with Crippen LogP contribution in [0.25, 0.3) is 0 Å². The second kappa shape index (κ2) is 7.91. The van der Waals surface area contributed by atoms with Gasteiger partial charge in [-0.25, -0.2) is 23.2 Å². The van der Waals surface area contributed by atoms with Crippen molar-refractivity contribution in [1.82, 2.24) is 0 Å². The monoisotopic (exact) mass is 371 g/mol. The Morgan fingerprint density at radius 3 is 2.12 bits per heavy atom. The van der Waals surface area contributed by atoms with Crippen LogP contribution >= 0.6 is 0 Å². The Hall–Kier alpha value is -3.01. The molecule has 10 heteroatoms. The fraction of sp³-hybridized carbons (Fsp3) is 0.312. The number of carbonyl (C=O) groups excluding carboxylic acids is 3. The molecule has 1 aromatic carbocycles. The highest BCUT2D eigenvalue weighted by atomic mass is 19.2. The molecule has 0 spiro atoms. The van der Waals surface area contributed by atoms with Crippen LogP contribution in [0.5, 0.6) is 0 Å². The summed E-state index contributed by atoms with van der Waals surface area (Å²) in [6.45, 7) is -0.606. The second-order valence-corrected chi connectivity index (χ2v) is 4.99. The highest BCUT2D eigenvalue weighted by Gasteiger charge is 2.34. The van der Waals surface area contributed by atoms with Crippen LogP contribution in [0.2, 0.25) is 0 Å². The lowest BCUT2D eigenvalue weighted by atomic mass is 10.1. The number of hydrogen-bond donors (Lipinski definition) is 0. The van der Waals surface area contributed by atoms with Gasteiger partial charge in [-0.2, -0.15) is 0 Å². The molecule has 0 saturated heterocycles. The van der Waals surface area contributed by atoms with Crippen molar-refractivity contribution in [3.63, 3.8) is 0 Å². The summed E-state index contributed by atoms with van der Waals surface area (Å²) >= 11 is 0. The van der Waals surface area contributed by atoms with Crippen molar-refractivity contribution in [2.75, 3.05) is 39.6 Å². The standard InChI is InChI=1S/C16H15F2NO7/c1-23-14(20)8-4-10(17)11(18)5-12(8)19-7-26-6-9(15(21)24-2)13(19)16(22)25-3/h4-5H,6-7H2,1-3H3. The largest absolute Gasteiger partial charge is 0.466 e. The Bertz CT molecular complexity index is 791. The van der Waals surface area contributed by atoms with Crippen molar-refractivity contribution >= 4 is 23.6 Å². The van der Waals surface area contributed by atoms with Crippen molar-refractivity contribution in [3.8, 4) is 0 Å². The zero-order valence-corrected chi connectivity index (χ0v) is 14.1. The number of esters is 3. The molecule has 1 heterocycles. The van der Waals surface area contributed by atoms with E-state index < -0.39 is 29.5 Å². The van der Waals surface area contributed by atoms with Crippen LogP contribution < -0.4 is 4.90 Å². The summed E-state index contributed by atoms with van der Waals surface area (Å²) in [7, 11) is 3.22. The molecule has 0 aromatic heterocycles. The van der Waals surface area contributed by atoms with E-state index in [2.05, 4.69) is 14.2 Å². The van der Waals surface area contributed by atoms with Crippen LogP contribution in [-0.4, -0.2) is 52.6 Å². The van der Waals surface area contributed by atoms with Gasteiger partial charge in [0, 0.05) is 6.07 Å². The first-order chi connectivity index (χ1) is 12.3. The van der Waals surface area contributed by atoms with Crippen LogP contribution in [0, 0.1) is 11.6 Å². The lowest BCUT2D eigenvalue weighted by Gasteiger charge is -2.32. The first-order valence-electron chi connectivity index (χ1n) is 7.18. The van der Waals surface area contributed by atoms with Crippen molar-refractivity contribution in [1.29, 1.82) is 0 Å². The van der Waals surface area contributed by atoms with Gasteiger partial charge in [-0.05, 0) is 6.07 Å². The molecule has 8 nitrogen and oxygen atoms in total. The van der Waals surface area contributed by atoms with E-state index in [0.29, 0.717) is 12.1 Å². The van der Waals surface area contributed by atoms with E-state index in [9.17, 15) is 23.2 Å². The van der Waals surface area contributed by atoms with E-state index in [-0.39, 0.29) is 35.9 Å². The molecule has 0 saturated carbocycles. The molecule has 0 bridgehead atoms. The second-order valence-electron chi connectivity index (χ2n) is 4.99. The minimum absolute atomic E-state index is 0.203. The fourth-order valence-electron chi connectivity index (χ4n) is 2.37. The van der Waals surface area contributed by atoms with Gasteiger partial charge in [0.2, 0.25) is 0 Å². The Morgan fingerprint density at radius 2 is 1.54 bits per heavy atom. The summed E-state index contributed by atoms with van der Waals surface area (Å²) in [5.74, 6) is -5.37.